The molecular formula is C54H56N4O. The molecule has 2 aromatic carbocycles. The van der Waals surface area contributed by atoms with Gasteiger partial charge in [-0.25, -0.2) is 15.0 Å². The number of para-hydroxylation sites is 1. The van der Waals surface area contributed by atoms with Crippen molar-refractivity contribution in [3.63, 3.8) is 0 Å². The number of fused-ring (bicyclic) bond motifs is 8. The smallest absolute Gasteiger partial charge is 0.163 e. The summed E-state index contributed by atoms with van der Waals surface area (Å²) in [7, 11) is 0. The van der Waals surface area contributed by atoms with Gasteiger partial charge in [-0.15, -0.1) is 0 Å². The summed E-state index contributed by atoms with van der Waals surface area (Å²) in [6.07, 6.45) is 40.3. The van der Waals surface area contributed by atoms with Crippen molar-refractivity contribution in [1.29, 1.82) is 0 Å². The highest BCUT2D eigenvalue weighted by Gasteiger charge is 2.58. The van der Waals surface area contributed by atoms with Crippen LogP contribution in [0.1, 0.15) is 125 Å². The number of nitrogens with zero attached hydrogens (tertiary/aromatic N) is 4. The Morgan fingerprint density at radius 2 is 1.68 bits per heavy atom. The Balaban J connectivity index is 0.923. The fourth-order valence-corrected chi connectivity index (χ4v) is 13.4. The highest BCUT2D eigenvalue weighted by molar-refractivity contribution is 5.76. The quantitative estimate of drug-likeness (QED) is 0.242. The topological polar surface area (TPSA) is 51.1 Å². The highest BCUT2D eigenvalue weighted by Crippen LogP contribution is 2.64. The van der Waals surface area contributed by atoms with Crippen molar-refractivity contribution in [1.82, 2.24) is 15.0 Å². The molecule has 2 aliphatic heterocycles. The average Bonchev–Trinajstić information content (AvgIpc) is 3.91. The van der Waals surface area contributed by atoms with E-state index in [0.29, 0.717) is 29.2 Å². The van der Waals surface area contributed by atoms with Crippen LogP contribution in [0.15, 0.2) is 132 Å². The third kappa shape index (κ3) is 5.73. The lowest BCUT2D eigenvalue weighted by atomic mass is 9.69. The standard InChI is InChI=1S/C54H56N4O/c1-54(2)43-23-11-9-19-37(43)41-32-47-42(31-44(41)54)38-20-10-12-24-45(38)58(47)46-25-13-21-39-49-40(22-14-26-48(49)59-50(39)46)53-56-51(35-17-7-4-8-18-35)55-52(57-53)36-29-27-34(28-30-36)33-15-5-3-6-16-33/h3-7,9,11-13,15,17,21,24-25,27-31,33,37,40-41,43-44,47-49H,8,10,14,16,18-20,22-23,26,32H2,1-2H3. The Kier molecular flexibility index (Phi) is 8.53. The molecule has 9 atom stereocenters. The maximum absolute atomic E-state index is 7.28. The molecule has 3 heterocycles. The first-order valence-corrected chi connectivity index (χ1v) is 22.9. The summed E-state index contributed by atoms with van der Waals surface area (Å²) in [6, 6.07) is 16.4. The number of hydrogen-bond donors (Lipinski definition) is 0. The van der Waals surface area contributed by atoms with Crippen LogP contribution in [0.25, 0.3) is 17.0 Å². The SMILES string of the molecule is CC1(C)C2C=C3C4=C(C=CCC4)N(c4cccc5c4OC4CCCC(c6nc(C7=CC=CCC7)nc(-c7ccc(C8C=CC=CC8)cc7)n6)C54)C3CC2C2CC=CCC21. The van der Waals surface area contributed by atoms with Crippen LogP contribution in [-0.4, -0.2) is 27.1 Å². The van der Waals surface area contributed by atoms with Crippen LogP contribution >= 0.6 is 0 Å². The molecule has 0 spiro atoms. The molecule has 0 radical (unpaired) electrons. The molecule has 1 aromatic heterocycles. The van der Waals surface area contributed by atoms with Crippen molar-refractivity contribution < 1.29 is 4.74 Å². The zero-order valence-corrected chi connectivity index (χ0v) is 34.6. The van der Waals surface area contributed by atoms with E-state index in [1.54, 1.807) is 11.1 Å². The lowest BCUT2D eigenvalue weighted by Gasteiger charge is -2.40. The fraction of sp³-hybridized carbons (Fsp3) is 0.426. The van der Waals surface area contributed by atoms with E-state index in [0.717, 1.165) is 92.0 Å². The van der Waals surface area contributed by atoms with Crippen LogP contribution in [0.5, 0.6) is 5.75 Å². The van der Waals surface area contributed by atoms with Crippen molar-refractivity contribution in [2.45, 2.75) is 114 Å². The van der Waals surface area contributed by atoms with Crippen LogP contribution in [-0.2, 0) is 0 Å². The second-order valence-electron chi connectivity index (χ2n) is 19.5. The van der Waals surface area contributed by atoms with E-state index >= 15 is 0 Å². The molecule has 9 unspecified atom stereocenters. The van der Waals surface area contributed by atoms with Crippen molar-refractivity contribution >= 4 is 11.3 Å². The van der Waals surface area contributed by atoms with E-state index in [9.17, 15) is 0 Å². The van der Waals surface area contributed by atoms with Crippen LogP contribution in [0.3, 0.4) is 0 Å². The van der Waals surface area contributed by atoms with Gasteiger partial charge in [0.15, 0.2) is 11.6 Å². The van der Waals surface area contributed by atoms with Gasteiger partial charge in [0, 0.05) is 34.6 Å². The molecule has 0 amide bonds. The van der Waals surface area contributed by atoms with E-state index in [1.807, 2.05) is 0 Å². The van der Waals surface area contributed by atoms with Gasteiger partial charge in [0.2, 0.25) is 0 Å². The maximum atomic E-state index is 7.28. The maximum Gasteiger partial charge on any atom is 0.163 e. The number of rotatable bonds is 5. The van der Waals surface area contributed by atoms with Crippen LogP contribution < -0.4 is 9.64 Å². The van der Waals surface area contributed by atoms with E-state index in [4.69, 9.17) is 19.7 Å². The third-order valence-electron chi connectivity index (χ3n) is 16.2. The molecule has 0 N–H and O–H groups in total. The van der Waals surface area contributed by atoms with Gasteiger partial charge in [0.1, 0.15) is 17.7 Å². The Morgan fingerprint density at radius 3 is 2.54 bits per heavy atom. The zero-order chi connectivity index (χ0) is 39.2. The summed E-state index contributed by atoms with van der Waals surface area (Å²) in [5, 5.41) is 0. The van der Waals surface area contributed by atoms with E-state index in [1.165, 1.54) is 47.3 Å². The highest BCUT2D eigenvalue weighted by atomic mass is 16.5. The first kappa shape index (κ1) is 35.9. The molecule has 2 saturated carbocycles. The van der Waals surface area contributed by atoms with Crippen molar-refractivity contribution in [3.05, 3.63) is 155 Å². The minimum atomic E-state index is 0.108. The molecule has 59 heavy (non-hydrogen) atoms. The fourth-order valence-electron chi connectivity index (χ4n) is 13.4. The average molecular weight is 777 g/mol. The number of allylic oxidation sites excluding steroid dienone is 13. The second-order valence-corrected chi connectivity index (χ2v) is 19.5. The number of anilines is 1. The van der Waals surface area contributed by atoms with Crippen LogP contribution in [0.2, 0.25) is 0 Å². The predicted molar refractivity (Wildman–Crippen MR) is 238 cm³/mol. The summed E-state index contributed by atoms with van der Waals surface area (Å²) < 4.78 is 7.28. The molecule has 2 fully saturated rings. The molecule has 5 nitrogen and oxygen atoms in total. The molecule has 0 bridgehead atoms. The van der Waals surface area contributed by atoms with Gasteiger partial charge in [-0.2, -0.15) is 0 Å². The Hall–Kier alpha value is -5.03. The minimum absolute atomic E-state index is 0.108. The number of hydrogen-bond acceptors (Lipinski definition) is 5. The lowest BCUT2D eigenvalue weighted by molar-refractivity contribution is 0.148. The monoisotopic (exact) mass is 776 g/mol. The number of aromatic nitrogens is 3. The normalized spacial score (nSPS) is 33.1. The summed E-state index contributed by atoms with van der Waals surface area (Å²) in [5.74, 6) is 7.29. The van der Waals surface area contributed by atoms with Gasteiger partial charge in [-0.1, -0.05) is 117 Å². The zero-order valence-electron chi connectivity index (χ0n) is 34.6. The summed E-state index contributed by atoms with van der Waals surface area (Å²) in [4.78, 5) is 18.7. The van der Waals surface area contributed by atoms with Crippen LogP contribution in [0, 0.1) is 29.1 Å². The molecule has 12 rings (SSSR count). The van der Waals surface area contributed by atoms with E-state index < -0.39 is 0 Å². The van der Waals surface area contributed by atoms with Crippen molar-refractivity contribution in [2.24, 2.45) is 29.1 Å². The van der Waals surface area contributed by atoms with Crippen LogP contribution in [0.4, 0.5) is 5.69 Å². The first-order valence-electron chi connectivity index (χ1n) is 22.9. The van der Waals surface area contributed by atoms with Gasteiger partial charge in [0.25, 0.3) is 0 Å². The molecule has 298 valence electrons. The first-order chi connectivity index (χ1) is 29.0. The number of ether oxygens (including phenoxy) is 1. The van der Waals surface area contributed by atoms with Gasteiger partial charge in [-0.3, -0.25) is 0 Å². The molecular weight excluding hydrogens is 721 g/mol. The lowest BCUT2D eigenvalue weighted by Crippen LogP contribution is -2.38. The largest absolute Gasteiger partial charge is 0.487 e. The minimum Gasteiger partial charge on any atom is -0.487 e. The molecule has 5 heteroatoms. The molecule has 0 saturated heterocycles. The Labute approximate surface area is 350 Å². The number of benzene rings is 2. The summed E-state index contributed by atoms with van der Waals surface area (Å²) in [6.45, 7) is 5.16. The molecule has 9 aliphatic rings. The summed E-state index contributed by atoms with van der Waals surface area (Å²) >= 11 is 0. The van der Waals surface area contributed by atoms with Crippen molar-refractivity contribution in [3.8, 4) is 17.1 Å². The second kappa shape index (κ2) is 14.0. The van der Waals surface area contributed by atoms with Gasteiger partial charge >= 0.3 is 0 Å². The van der Waals surface area contributed by atoms with Gasteiger partial charge in [-0.05, 0) is 134 Å². The van der Waals surface area contributed by atoms with E-state index in [2.05, 4.69) is 134 Å². The van der Waals surface area contributed by atoms with Crippen molar-refractivity contribution in [2.75, 3.05) is 4.90 Å². The third-order valence-corrected chi connectivity index (χ3v) is 16.2. The summed E-state index contributed by atoms with van der Waals surface area (Å²) in [5.41, 5.74) is 11.1. The Bertz CT molecular complexity index is 2460. The predicted octanol–water partition coefficient (Wildman–Crippen LogP) is 12.7. The van der Waals surface area contributed by atoms with Gasteiger partial charge < -0.3 is 9.64 Å². The Morgan fingerprint density at radius 1 is 0.797 bits per heavy atom. The van der Waals surface area contributed by atoms with Gasteiger partial charge in [0.05, 0.1) is 11.7 Å². The molecule has 7 aliphatic carbocycles. The van der Waals surface area contributed by atoms with E-state index in [-0.39, 0.29) is 17.9 Å². The molecule has 3 aromatic rings.